The first kappa shape index (κ1) is 11.6. The average Bonchev–Trinajstić information content (AvgIpc) is 2.32. The predicted octanol–water partition coefficient (Wildman–Crippen LogP) is 2.81. The van der Waals surface area contributed by atoms with Crippen molar-refractivity contribution in [2.45, 2.75) is 12.5 Å². The summed E-state index contributed by atoms with van der Waals surface area (Å²) >= 11 is 0. The van der Waals surface area contributed by atoms with E-state index in [1.54, 1.807) is 42.5 Å². The van der Waals surface area contributed by atoms with Crippen molar-refractivity contribution in [1.29, 1.82) is 0 Å². The summed E-state index contributed by atoms with van der Waals surface area (Å²) in [5, 5.41) is 19.1. The number of halogens is 1. The summed E-state index contributed by atoms with van der Waals surface area (Å²) in [6.45, 7) is 0. The zero-order valence-electron chi connectivity index (χ0n) is 9.18. The zero-order chi connectivity index (χ0) is 12.3. The van der Waals surface area contributed by atoms with Crippen LogP contribution in [0.2, 0.25) is 0 Å². The molecule has 1 unspecified atom stereocenters. The smallest absolute Gasteiger partial charge is 0.129 e. The normalized spacial score (nSPS) is 12.4. The van der Waals surface area contributed by atoms with Crippen molar-refractivity contribution in [2.24, 2.45) is 0 Å². The molecule has 3 heteroatoms. The number of phenols is 1. The maximum absolute atomic E-state index is 13.4. The quantitative estimate of drug-likeness (QED) is 0.854. The molecular formula is C14H13FO2. The van der Waals surface area contributed by atoms with E-state index < -0.39 is 11.9 Å². The Balaban J connectivity index is 2.14. The minimum absolute atomic E-state index is 0.175. The van der Waals surface area contributed by atoms with Gasteiger partial charge in [-0.25, -0.2) is 4.39 Å². The molecule has 1 atom stereocenters. The summed E-state index contributed by atoms with van der Waals surface area (Å²) in [7, 11) is 0. The van der Waals surface area contributed by atoms with Crippen molar-refractivity contribution in [1.82, 2.24) is 0 Å². The first-order valence-electron chi connectivity index (χ1n) is 5.37. The Morgan fingerprint density at radius 2 is 1.65 bits per heavy atom. The molecule has 2 N–H and O–H groups in total. The molecule has 0 bridgehead atoms. The monoisotopic (exact) mass is 232 g/mol. The van der Waals surface area contributed by atoms with Crippen molar-refractivity contribution in [3.8, 4) is 5.75 Å². The number of hydrogen-bond donors (Lipinski definition) is 2. The molecule has 0 saturated heterocycles. The molecule has 88 valence electrons. The highest BCUT2D eigenvalue weighted by Gasteiger charge is 2.12. The maximum atomic E-state index is 13.4. The van der Waals surface area contributed by atoms with Gasteiger partial charge in [-0.05, 0) is 23.8 Å². The maximum Gasteiger partial charge on any atom is 0.129 e. The fourth-order valence-electron chi connectivity index (χ4n) is 1.71. The van der Waals surface area contributed by atoms with E-state index in [1.807, 2.05) is 0 Å². The SMILES string of the molecule is Oc1ccc(CC(O)c2ccccc2F)cc1. The van der Waals surface area contributed by atoms with Crippen LogP contribution in [0.4, 0.5) is 4.39 Å². The van der Waals surface area contributed by atoms with Crippen molar-refractivity contribution in [3.05, 3.63) is 65.5 Å². The molecule has 0 aliphatic heterocycles. The number of aliphatic hydroxyl groups excluding tert-OH is 1. The van der Waals surface area contributed by atoms with Gasteiger partial charge in [0.05, 0.1) is 6.10 Å². The Bertz CT molecular complexity index is 494. The summed E-state index contributed by atoms with van der Waals surface area (Å²) in [6.07, 6.45) is -0.554. The fourth-order valence-corrected chi connectivity index (χ4v) is 1.71. The Labute approximate surface area is 99.0 Å². The summed E-state index contributed by atoms with van der Waals surface area (Å²) in [6, 6.07) is 12.7. The van der Waals surface area contributed by atoms with Crippen LogP contribution < -0.4 is 0 Å². The van der Waals surface area contributed by atoms with Crippen LogP contribution in [-0.4, -0.2) is 10.2 Å². The Hall–Kier alpha value is -1.87. The van der Waals surface area contributed by atoms with E-state index >= 15 is 0 Å². The van der Waals surface area contributed by atoms with Crippen LogP contribution >= 0.6 is 0 Å². The number of benzene rings is 2. The van der Waals surface area contributed by atoms with Crippen LogP contribution in [0.5, 0.6) is 5.75 Å². The van der Waals surface area contributed by atoms with Crippen molar-refractivity contribution < 1.29 is 14.6 Å². The van der Waals surface area contributed by atoms with Crippen LogP contribution in [0, 0.1) is 5.82 Å². The lowest BCUT2D eigenvalue weighted by Gasteiger charge is -2.11. The van der Waals surface area contributed by atoms with Crippen LogP contribution in [0.3, 0.4) is 0 Å². The van der Waals surface area contributed by atoms with Crippen LogP contribution in [0.25, 0.3) is 0 Å². The minimum Gasteiger partial charge on any atom is -0.508 e. The first-order chi connectivity index (χ1) is 8.16. The fraction of sp³-hybridized carbons (Fsp3) is 0.143. The predicted molar refractivity (Wildman–Crippen MR) is 63.2 cm³/mol. The molecule has 2 rings (SSSR count). The zero-order valence-corrected chi connectivity index (χ0v) is 9.18. The van der Waals surface area contributed by atoms with E-state index in [0.717, 1.165) is 5.56 Å². The van der Waals surface area contributed by atoms with E-state index in [4.69, 9.17) is 5.11 Å². The van der Waals surface area contributed by atoms with Gasteiger partial charge in [0.2, 0.25) is 0 Å². The summed E-state index contributed by atoms with van der Waals surface area (Å²) in [4.78, 5) is 0. The summed E-state index contributed by atoms with van der Waals surface area (Å²) in [5.74, 6) is -0.229. The third kappa shape index (κ3) is 2.82. The van der Waals surface area contributed by atoms with Gasteiger partial charge in [-0.3, -0.25) is 0 Å². The number of aromatic hydroxyl groups is 1. The average molecular weight is 232 g/mol. The minimum atomic E-state index is -0.874. The van der Waals surface area contributed by atoms with E-state index in [1.165, 1.54) is 6.07 Å². The van der Waals surface area contributed by atoms with Gasteiger partial charge in [0.15, 0.2) is 0 Å². The van der Waals surface area contributed by atoms with Gasteiger partial charge < -0.3 is 10.2 Å². The topological polar surface area (TPSA) is 40.5 Å². The lowest BCUT2D eigenvalue weighted by atomic mass is 10.0. The highest BCUT2D eigenvalue weighted by atomic mass is 19.1. The molecule has 2 nitrogen and oxygen atoms in total. The van der Waals surface area contributed by atoms with E-state index in [9.17, 15) is 9.50 Å². The molecule has 0 saturated carbocycles. The third-order valence-electron chi connectivity index (χ3n) is 2.63. The Morgan fingerprint density at radius 3 is 2.29 bits per heavy atom. The number of hydrogen-bond acceptors (Lipinski definition) is 2. The molecule has 2 aromatic rings. The number of rotatable bonds is 3. The van der Waals surface area contributed by atoms with Crippen molar-refractivity contribution in [3.63, 3.8) is 0 Å². The second kappa shape index (κ2) is 4.97. The standard InChI is InChI=1S/C14H13FO2/c15-13-4-2-1-3-12(13)14(17)9-10-5-7-11(16)8-6-10/h1-8,14,16-17H,9H2. The summed E-state index contributed by atoms with van der Waals surface area (Å²) in [5.41, 5.74) is 1.14. The van der Waals surface area contributed by atoms with E-state index in [2.05, 4.69) is 0 Å². The van der Waals surface area contributed by atoms with Gasteiger partial charge >= 0.3 is 0 Å². The molecule has 17 heavy (non-hydrogen) atoms. The lowest BCUT2D eigenvalue weighted by Crippen LogP contribution is -2.04. The molecule has 0 fully saturated rings. The van der Waals surface area contributed by atoms with Crippen molar-refractivity contribution >= 4 is 0 Å². The highest BCUT2D eigenvalue weighted by Crippen LogP contribution is 2.21. The van der Waals surface area contributed by atoms with E-state index in [-0.39, 0.29) is 5.75 Å². The Kier molecular flexibility index (Phi) is 3.40. The van der Waals surface area contributed by atoms with Gasteiger partial charge in [0.25, 0.3) is 0 Å². The third-order valence-corrected chi connectivity index (χ3v) is 2.63. The summed E-state index contributed by atoms with van der Waals surface area (Å²) < 4.78 is 13.4. The highest BCUT2D eigenvalue weighted by molar-refractivity contribution is 5.28. The van der Waals surface area contributed by atoms with Crippen molar-refractivity contribution in [2.75, 3.05) is 0 Å². The Morgan fingerprint density at radius 1 is 1.00 bits per heavy atom. The molecule has 0 radical (unpaired) electrons. The van der Waals surface area contributed by atoms with E-state index in [0.29, 0.717) is 12.0 Å². The lowest BCUT2D eigenvalue weighted by molar-refractivity contribution is 0.173. The van der Waals surface area contributed by atoms with Crippen LogP contribution in [0.1, 0.15) is 17.2 Å². The molecule has 0 spiro atoms. The van der Waals surface area contributed by atoms with Gasteiger partial charge in [0.1, 0.15) is 11.6 Å². The van der Waals surface area contributed by atoms with Gasteiger partial charge in [-0.15, -0.1) is 0 Å². The molecule has 0 aliphatic rings. The molecule has 0 heterocycles. The molecular weight excluding hydrogens is 219 g/mol. The van der Waals surface area contributed by atoms with Gasteiger partial charge in [-0.2, -0.15) is 0 Å². The van der Waals surface area contributed by atoms with Crippen LogP contribution in [0.15, 0.2) is 48.5 Å². The molecule has 2 aromatic carbocycles. The second-order valence-corrected chi connectivity index (χ2v) is 3.91. The molecule has 0 amide bonds. The molecule has 0 aromatic heterocycles. The van der Waals surface area contributed by atoms with Gasteiger partial charge in [-0.1, -0.05) is 30.3 Å². The van der Waals surface area contributed by atoms with Gasteiger partial charge in [0, 0.05) is 12.0 Å². The largest absolute Gasteiger partial charge is 0.508 e. The second-order valence-electron chi connectivity index (χ2n) is 3.91. The first-order valence-corrected chi connectivity index (χ1v) is 5.37. The molecule has 0 aliphatic carbocycles. The number of phenolic OH excluding ortho intramolecular Hbond substituents is 1. The van der Waals surface area contributed by atoms with Crippen LogP contribution in [-0.2, 0) is 6.42 Å². The number of aliphatic hydroxyl groups is 1.